The molecule has 1 unspecified atom stereocenters. The van der Waals surface area contributed by atoms with Crippen LogP contribution in [-0.4, -0.2) is 27.7 Å². The Labute approximate surface area is 99.4 Å². The molecular formula is C12H15N3O2. The summed E-state index contributed by atoms with van der Waals surface area (Å²) < 4.78 is 6.54. The molecule has 0 N–H and O–H groups in total. The Bertz CT molecular complexity index is 548. The standard InChI is InChI=1S/C12H15N3O2/c1-4-8(2)11-14-13-10-6-5-9(7-15(10)11)12(16)17-3/h5-8H,4H2,1-3H3. The molecule has 2 heterocycles. The maximum absolute atomic E-state index is 11.5. The van der Waals surface area contributed by atoms with Crippen molar-refractivity contribution in [3.63, 3.8) is 0 Å². The molecule has 1 atom stereocenters. The number of carbonyl (C=O) groups excluding carboxylic acids is 1. The van der Waals surface area contributed by atoms with Crippen LogP contribution in [0.3, 0.4) is 0 Å². The number of methoxy groups -OCH3 is 1. The van der Waals surface area contributed by atoms with Crippen molar-refractivity contribution >= 4 is 11.6 Å². The zero-order valence-electron chi connectivity index (χ0n) is 10.2. The molecule has 0 saturated carbocycles. The van der Waals surface area contributed by atoms with Gasteiger partial charge in [-0.15, -0.1) is 10.2 Å². The largest absolute Gasteiger partial charge is 0.465 e. The van der Waals surface area contributed by atoms with E-state index in [2.05, 4.69) is 24.0 Å². The molecule has 0 aromatic carbocycles. The fourth-order valence-electron chi connectivity index (χ4n) is 1.67. The smallest absolute Gasteiger partial charge is 0.339 e. The van der Waals surface area contributed by atoms with Crippen LogP contribution in [0.2, 0.25) is 0 Å². The third-order valence-corrected chi connectivity index (χ3v) is 2.90. The fraction of sp³-hybridized carbons (Fsp3) is 0.417. The Morgan fingerprint density at radius 3 is 2.88 bits per heavy atom. The summed E-state index contributed by atoms with van der Waals surface area (Å²) in [6.07, 6.45) is 2.70. The second-order valence-corrected chi connectivity index (χ2v) is 4.01. The molecule has 0 radical (unpaired) electrons. The van der Waals surface area contributed by atoms with Crippen molar-refractivity contribution in [2.45, 2.75) is 26.2 Å². The number of pyridine rings is 1. The van der Waals surface area contributed by atoms with E-state index in [0.29, 0.717) is 11.5 Å². The number of rotatable bonds is 3. The Kier molecular flexibility index (Phi) is 3.08. The molecule has 0 aliphatic heterocycles. The van der Waals surface area contributed by atoms with Gasteiger partial charge < -0.3 is 4.74 Å². The van der Waals surface area contributed by atoms with Gasteiger partial charge in [0.05, 0.1) is 12.7 Å². The lowest BCUT2D eigenvalue weighted by molar-refractivity contribution is 0.0600. The van der Waals surface area contributed by atoms with Gasteiger partial charge in [-0.2, -0.15) is 0 Å². The normalized spacial score (nSPS) is 12.6. The van der Waals surface area contributed by atoms with Gasteiger partial charge in [-0.1, -0.05) is 13.8 Å². The lowest BCUT2D eigenvalue weighted by Gasteiger charge is -2.06. The van der Waals surface area contributed by atoms with Crippen LogP contribution in [0.25, 0.3) is 5.65 Å². The molecule has 0 aliphatic carbocycles. The van der Waals surface area contributed by atoms with Gasteiger partial charge in [-0.25, -0.2) is 4.79 Å². The van der Waals surface area contributed by atoms with E-state index in [0.717, 1.165) is 17.9 Å². The maximum Gasteiger partial charge on any atom is 0.339 e. The molecule has 0 spiro atoms. The minimum atomic E-state index is -0.351. The van der Waals surface area contributed by atoms with Crippen LogP contribution in [0.15, 0.2) is 18.3 Å². The van der Waals surface area contributed by atoms with Gasteiger partial charge in [-0.05, 0) is 18.6 Å². The number of carbonyl (C=O) groups is 1. The highest BCUT2D eigenvalue weighted by molar-refractivity contribution is 5.89. The van der Waals surface area contributed by atoms with Crippen molar-refractivity contribution in [3.8, 4) is 0 Å². The maximum atomic E-state index is 11.5. The predicted molar refractivity (Wildman–Crippen MR) is 63.0 cm³/mol. The Hall–Kier alpha value is -1.91. The molecule has 0 saturated heterocycles. The Morgan fingerprint density at radius 2 is 2.24 bits per heavy atom. The van der Waals surface area contributed by atoms with Gasteiger partial charge in [0, 0.05) is 12.1 Å². The third kappa shape index (κ3) is 2.00. The molecule has 0 bridgehead atoms. The van der Waals surface area contributed by atoms with Crippen LogP contribution in [0, 0.1) is 0 Å². The highest BCUT2D eigenvalue weighted by Crippen LogP contribution is 2.18. The molecule has 5 heteroatoms. The van der Waals surface area contributed by atoms with E-state index in [1.54, 1.807) is 18.3 Å². The van der Waals surface area contributed by atoms with E-state index in [9.17, 15) is 4.79 Å². The first kappa shape index (κ1) is 11.6. The SMILES string of the molecule is CCC(C)c1nnc2ccc(C(=O)OC)cn12. The number of aromatic nitrogens is 3. The summed E-state index contributed by atoms with van der Waals surface area (Å²) in [4.78, 5) is 11.5. The summed E-state index contributed by atoms with van der Waals surface area (Å²) in [6, 6.07) is 3.46. The zero-order chi connectivity index (χ0) is 12.4. The van der Waals surface area contributed by atoms with Gasteiger partial charge >= 0.3 is 5.97 Å². The van der Waals surface area contributed by atoms with Crippen molar-refractivity contribution in [3.05, 3.63) is 29.7 Å². The molecule has 17 heavy (non-hydrogen) atoms. The van der Waals surface area contributed by atoms with Crippen LogP contribution >= 0.6 is 0 Å². The molecule has 0 fully saturated rings. The van der Waals surface area contributed by atoms with Crippen LogP contribution in [0.5, 0.6) is 0 Å². The molecule has 2 rings (SSSR count). The highest BCUT2D eigenvalue weighted by atomic mass is 16.5. The minimum absolute atomic E-state index is 0.304. The second-order valence-electron chi connectivity index (χ2n) is 4.01. The van der Waals surface area contributed by atoms with E-state index in [-0.39, 0.29) is 5.97 Å². The number of esters is 1. The van der Waals surface area contributed by atoms with E-state index in [1.165, 1.54) is 7.11 Å². The number of nitrogens with zero attached hydrogens (tertiary/aromatic N) is 3. The molecule has 2 aromatic rings. The molecule has 0 aliphatic rings. The first-order valence-electron chi connectivity index (χ1n) is 5.60. The minimum Gasteiger partial charge on any atom is -0.465 e. The topological polar surface area (TPSA) is 56.5 Å². The average molecular weight is 233 g/mol. The Balaban J connectivity index is 2.54. The monoisotopic (exact) mass is 233 g/mol. The number of fused-ring (bicyclic) bond motifs is 1. The van der Waals surface area contributed by atoms with Crippen molar-refractivity contribution in [2.75, 3.05) is 7.11 Å². The van der Waals surface area contributed by atoms with Crippen LogP contribution < -0.4 is 0 Å². The highest BCUT2D eigenvalue weighted by Gasteiger charge is 2.13. The van der Waals surface area contributed by atoms with Crippen LogP contribution in [-0.2, 0) is 4.74 Å². The summed E-state index contributed by atoms with van der Waals surface area (Å²) in [5.41, 5.74) is 1.25. The Morgan fingerprint density at radius 1 is 1.47 bits per heavy atom. The number of hydrogen-bond acceptors (Lipinski definition) is 4. The van der Waals surface area contributed by atoms with Crippen molar-refractivity contribution in [1.29, 1.82) is 0 Å². The van der Waals surface area contributed by atoms with Gasteiger partial charge in [0.2, 0.25) is 0 Å². The summed E-state index contributed by atoms with van der Waals surface area (Å²) in [5.74, 6) is 0.821. The molecular weight excluding hydrogens is 218 g/mol. The molecule has 5 nitrogen and oxygen atoms in total. The first-order chi connectivity index (χ1) is 8.17. The van der Waals surface area contributed by atoms with E-state index >= 15 is 0 Å². The molecule has 0 amide bonds. The number of hydrogen-bond donors (Lipinski definition) is 0. The second kappa shape index (κ2) is 4.53. The van der Waals surface area contributed by atoms with Crippen LogP contribution in [0.1, 0.15) is 42.4 Å². The summed E-state index contributed by atoms with van der Waals surface area (Å²) in [7, 11) is 1.37. The van der Waals surface area contributed by atoms with Crippen molar-refractivity contribution < 1.29 is 9.53 Å². The summed E-state index contributed by atoms with van der Waals surface area (Å²) >= 11 is 0. The molecule has 90 valence electrons. The van der Waals surface area contributed by atoms with Gasteiger partial charge in [0.25, 0.3) is 0 Å². The van der Waals surface area contributed by atoms with E-state index in [1.807, 2.05) is 4.40 Å². The zero-order valence-corrected chi connectivity index (χ0v) is 10.2. The van der Waals surface area contributed by atoms with Gasteiger partial charge in [0.15, 0.2) is 5.65 Å². The fourth-order valence-corrected chi connectivity index (χ4v) is 1.67. The average Bonchev–Trinajstić information content (AvgIpc) is 2.79. The first-order valence-corrected chi connectivity index (χ1v) is 5.60. The van der Waals surface area contributed by atoms with E-state index in [4.69, 9.17) is 4.74 Å². The molecule has 2 aromatic heterocycles. The van der Waals surface area contributed by atoms with Crippen molar-refractivity contribution in [2.24, 2.45) is 0 Å². The van der Waals surface area contributed by atoms with Crippen LogP contribution in [0.4, 0.5) is 0 Å². The third-order valence-electron chi connectivity index (χ3n) is 2.90. The van der Waals surface area contributed by atoms with Gasteiger partial charge in [0.1, 0.15) is 5.82 Å². The lowest BCUT2D eigenvalue weighted by Crippen LogP contribution is -2.05. The summed E-state index contributed by atoms with van der Waals surface area (Å²) in [6.45, 7) is 4.18. The van der Waals surface area contributed by atoms with Crippen molar-refractivity contribution in [1.82, 2.24) is 14.6 Å². The number of ether oxygens (including phenoxy) is 1. The predicted octanol–water partition coefficient (Wildman–Crippen LogP) is 2.03. The van der Waals surface area contributed by atoms with Gasteiger partial charge in [-0.3, -0.25) is 4.40 Å². The quantitative estimate of drug-likeness (QED) is 0.761. The summed E-state index contributed by atoms with van der Waals surface area (Å²) in [5, 5.41) is 8.23. The van der Waals surface area contributed by atoms with E-state index < -0.39 is 0 Å². The lowest BCUT2D eigenvalue weighted by atomic mass is 10.1.